The summed E-state index contributed by atoms with van der Waals surface area (Å²) in [6.07, 6.45) is 1.42. The second-order valence-electron chi connectivity index (χ2n) is 4.47. The zero-order valence-corrected chi connectivity index (χ0v) is 14.7. The second kappa shape index (κ2) is 8.09. The van der Waals surface area contributed by atoms with E-state index in [4.69, 9.17) is 39.8 Å². The fourth-order valence-electron chi connectivity index (χ4n) is 1.79. The highest BCUT2D eigenvalue weighted by molar-refractivity contribution is 7.80. The average Bonchev–Trinajstić information content (AvgIpc) is 2.95. The maximum atomic E-state index is 11.0. The summed E-state index contributed by atoms with van der Waals surface area (Å²) in [4.78, 5) is 10.4. The highest BCUT2D eigenvalue weighted by atomic mass is 35.5. The molecule has 1 aromatic carbocycles. The first-order valence-electron chi connectivity index (χ1n) is 6.73. The normalized spacial score (nSPS) is 10.8. The highest BCUT2D eigenvalue weighted by Crippen LogP contribution is 2.37. The topological polar surface area (TPSA) is 92.7 Å². The van der Waals surface area contributed by atoms with Gasteiger partial charge in [0.2, 0.25) is 0 Å². The van der Waals surface area contributed by atoms with Crippen molar-refractivity contribution in [2.45, 2.75) is 6.92 Å². The van der Waals surface area contributed by atoms with Crippen LogP contribution >= 0.6 is 35.4 Å². The van der Waals surface area contributed by atoms with Gasteiger partial charge in [-0.1, -0.05) is 23.2 Å². The molecule has 0 saturated carbocycles. The fraction of sp³-hybridized carbons (Fsp3) is 0.143. The molecule has 1 aromatic heterocycles. The van der Waals surface area contributed by atoms with Crippen molar-refractivity contribution in [1.29, 1.82) is 0 Å². The lowest BCUT2D eigenvalue weighted by atomic mass is 10.1. The van der Waals surface area contributed by atoms with Crippen molar-refractivity contribution in [3.63, 3.8) is 0 Å². The zero-order valence-electron chi connectivity index (χ0n) is 12.4. The molecule has 7 nitrogen and oxygen atoms in total. The van der Waals surface area contributed by atoms with E-state index in [1.54, 1.807) is 12.1 Å². The van der Waals surface area contributed by atoms with Crippen LogP contribution in [0.4, 0.5) is 5.69 Å². The molecular formula is C14H12Cl2N4O3S. The number of hydrogen-bond acceptors (Lipinski definition) is 5. The van der Waals surface area contributed by atoms with E-state index in [9.17, 15) is 10.1 Å². The molecule has 2 rings (SSSR count). The van der Waals surface area contributed by atoms with Crippen molar-refractivity contribution in [3.8, 4) is 11.3 Å². The van der Waals surface area contributed by atoms with Crippen molar-refractivity contribution < 1.29 is 9.34 Å². The lowest BCUT2D eigenvalue weighted by molar-refractivity contribution is -0.384. The van der Waals surface area contributed by atoms with Crippen molar-refractivity contribution in [2.24, 2.45) is 5.10 Å². The molecule has 0 aliphatic carbocycles. The standard InChI is InChI=1S/C14H12Cl2N4O3S/c1-2-17-14(24)19-18-7-8-3-4-13(23-8)9-5-12(20(21)22)11(16)6-10(9)15/h3-7H,2H2,1H3,(H2,17,19,24)/b18-7-. The summed E-state index contributed by atoms with van der Waals surface area (Å²) in [5.41, 5.74) is 2.74. The molecule has 10 heteroatoms. The second-order valence-corrected chi connectivity index (χ2v) is 5.69. The smallest absolute Gasteiger partial charge is 0.288 e. The van der Waals surface area contributed by atoms with Gasteiger partial charge in [-0.05, 0) is 37.3 Å². The molecule has 2 N–H and O–H groups in total. The maximum absolute atomic E-state index is 11.0. The van der Waals surface area contributed by atoms with Crippen LogP contribution in [0.2, 0.25) is 10.0 Å². The van der Waals surface area contributed by atoms with Gasteiger partial charge in [-0.25, -0.2) is 0 Å². The number of nitrogens with zero attached hydrogens (tertiary/aromatic N) is 2. The van der Waals surface area contributed by atoms with E-state index in [0.717, 1.165) is 0 Å². The Morgan fingerprint density at radius 1 is 1.42 bits per heavy atom. The van der Waals surface area contributed by atoms with Crippen molar-refractivity contribution in [1.82, 2.24) is 10.7 Å². The average molecular weight is 387 g/mol. The van der Waals surface area contributed by atoms with Crippen LogP contribution in [-0.4, -0.2) is 22.8 Å². The quantitative estimate of drug-likeness (QED) is 0.349. The van der Waals surface area contributed by atoms with Gasteiger partial charge in [0, 0.05) is 18.2 Å². The molecule has 0 unspecified atom stereocenters. The molecule has 0 amide bonds. The Kier molecular flexibility index (Phi) is 6.13. The molecule has 0 radical (unpaired) electrons. The van der Waals surface area contributed by atoms with Gasteiger partial charge in [-0.15, -0.1) is 0 Å². The Morgan fingerprint density at radius 2 is 2.17 bits per heavy atom. The van der Waals surface area contributed by atoms with E-state index in [-0.39, 0.29) is 15.7 Å². The minimum Gasteiger partial charge on any atom is -0.455 e. The summed E-state index contributed by atoms with van der Waals surface area (Å²) < 4.78 is 5.56. The van der Waals surface area contributed by atoms with Gasteiger partial charge in [-0.2, -0.15) is 5.10 Å². The third kappa shape index (κ3) is 4.44. The lowest BCUT2D eigenvalue weighted by Gasteiger charge is -2.03. The van der Waals surface area contributed by atoms with Crippen molar-refractivity contribution in [2.75, 3.05) is 6.54 Å². The number of rotatable bonds is 5. The lowest BCUT2D eigenvalue weighted by Crippen LogP contribution is -2.31. The van der Waals surface area contributed by atoms with Gasteiger partial charge >= 0.3 is 0 Å². The minimum atomic E-state index is -0.584. The van der Waals surface area contributed by atoms with E-state index in [2.05, 4.69) is 15.8 Å². The van der Waals surface area contributed by atoms with Crippen LogP contribution in [0.25, 0.3) is 11.3 Å². The van der Waals surface area contributed by atoms with Crippen molar-refractivity contribution in [3.05, 3.63) is 50.2 Å². The van der Waals surface area contributed by atoms with Crippen LogP contribution in [0.3, 0.4) is 0 Å². The fourth-order valence-corrected chi connectivity index (χ4v) is 2.53. The minimum absolute atomic E-state index is 0.0387. The number of nitro benzene ring substituents is 1. The maximum Gasteiger partial charge on any atom is 0.288 e. The molecule has 0 fully saturated rings. The molecule has 0 atom stereocenters. The Labute approximate surface area is 152 Å². The van der Waals surface area contributed by atoms with Crippen LogP contribution in [-0.2, 0) is 0 Å². The number of nitro groups is 1. The van der Waals surface area contributed by atoms with Gasteiger partial charge in [0.25, 0.3) is 5.69 Å². The van der Waals surface area contributed by atoms with Crippen molar-refractivity contribution >= 4 is 52.4 Å². The summed E-state index contributed by atoms with van der Waals surface area (Å²) in [6.45, 7) is 2.59. The van der Waals surface area contributed by atoms with Gasteiger partial charge < -0.3 is 9.73 Å². The van der Waals surface area contributed by atoms with E-state index >= 15 is 0 Å². The van der Waals surface area contributed by atoms with Crippen LogP contribution in [0.5, 0.6) is 0 Å². The summed E-state index contributed by atoms with van der Waals surface area (Å²) >= 11 is 16.9. The predicted octanol–water partition coefficient (Wildman–Crippen LogP) is 3.98. The van der Waals surface area contributed by atoms with E-state index in [1.807, 2.05) is 6.92 Å². The molecule has 2 aromatic rings. The summed E-state index contributed by atoms with van der Waals surface area (Å²) in [7, 11) is 0. The number of halogens is 2. The largest absolute Gasteiger partial charge is 0.455 e. The van der Waals surface area contributed by atoms with Gasteiger partial charge in [0.05, 0.1) is 16.2 Å². The van der Waals surface area contributed by atoms with E-state index in [1.165, 1.54) is 18.3 Å². The molecule has 0 saturated heterocycles. The number of furan rings is 1. The molecule has 0 aliphatic heterocycles. The Hall–Kier alpha value is -2.16. The Morgan fingerprint density at radius 3 is 2.83 bits per heavy atom. The predicted molar refractivity (Wildman–Crippen MR) is 97.8 cm³/mol. The Bertz CT molecular complexity index is 807. The molecule has 0 bridgehead atoms. The van der Waals surface area contributed by atoms with Crippen LogP contribution in [0.1, 0.15) is 12.7 Å². The first-order chi connectivity index (χ1) is 11.4. The van der Waals surface area contributed by atoms with Crippen LogP contribution < -0.4 is 10.7 Å². The van der Waals surface area contributed by atoms with Crippen LogP contribution in [0.15, 0.2) is 33.8 Å². The highest BCUT2D eigenvalue weighted by Gasteiger charge is 2.18. The first-order valence-corrected chi connectivity index (χ1v) is 7.89. The van der Waals surface area contributed by atoms with Gasteiger partial charge in [-0.3, -0.25) is 15.5 Å². The number of thiocarbonyl (C=S) groups is 1. The molecule has 1 heterocycles. The zero-order chi connectivity index (χ0) is 17.7. The number of hydrazone groups is 1. The number of nitrogens with one attached hydrogen (secondary N) is 2. The third-order valence-corrected chi connectivity index (χ3v) is 3.67. The summed E-state index contributed by atoms with van der Waals surface area (Å²) in [5, 5.41) is 18.4. The summed E-state index contributed by atoms with van der Waals surface area (Å²) in [6, 6.07) is 5.85. The Balaban J connectivity index is 2.22. The van der Waals surface area contributed by atoms with Gasteiger partial charge in [0.1, 0.15) is 16.5 Å². The van der Waals surface area contributed by atoms with E-state index in [0.29, 0.717) is 28.7 Å². The SMILES string of the molecule is CCNC(=S)N/N=C\c1ccc(-c2cc([N+](=O)[O-])c(Cl)cc2Cl)o1. The number of benzene rings is 1. The molecular weight excluding hydrogens is 375 g/mol. The van der Waals surface area contributed by atoms with Gasteiger partial charge in [0.15, 0.2) is 5.11 Å². The third-order valence-electron chi connectivity index (χ3n) is 2.82. The number of hydrogen-bond donors (Lipinski definition) is 2. The molecule has 24 heavy (non-hydrogen) atoms. The molecule has 0 spiro atoms. The monoisotopic (exact) mass is 386 g/mol. The molecule has 0 aliphatic rings. The summed E-state index contributed by atoms with van der Waals surface area (Å²) in [5.74, 6) is 0.779. The van der Waals surface area contributed by atoms with E-state index < -0.39 is 4.92 Å². The van der Waals surface area contributed by atoms with Crippen LogP contribution in [0, 0.1) is 10.1 Å². The first kappa shape index (κ1) is 18.2. The molecule has 126 valence electrons.